The van der Waals surface area contributed by atoms with Gasteiger partial charge in [0.15, 0.2) is 0 Å². The van der Waals surface area contributed by atoms with Crippen molar-refractivity contribution in [3.8, 4) is 0 Å². The van der Waals surface area contributed by atoms with E-state index in [4.69, 9.17) is 9.47 Å². The second-order valence-corrected chi connectivity index (χ2v) is 8.21. The lowest BCUT2D eigenvalue weighted by Gasteiger charge is -2.30. The first-order valence-corrected chi connectivity index (χ1v) is 9.37. The molecule has 2 rings (SSSR count). The molecule has 2 aliphatic rings. The maximum atomic E-state index is 11.8. The molecule has 1 saturated carbocycles. The Morgan fingerprint density at radius 1 is 1.38 bits per heavy atom. The Labute approximate surface area is 146 Å². The predicted molar refractivity (Wildman–Crippen MR) is 95.2 cm³/mol. The van der Waals surface area contributed by atoms with E-state index in [0.29, 0.717) is 30.6 Å². The summed E-state index contributed by atoms with van der Waals surface area (Å²) < 4.78 is 10.8. The van der Waals surface area contributed by atoms with Gasteiger partial charge >= 0.3 is 6.09 Å². The molecule has 1 aliphatic heterocycles. The molecule has 140 valence electrons. The van der Waals surface area contributed by atoms with Crippen molar-refractivity contribution in [1.29, 1.82) is 0 Å². The van der Waals surface area contributed by atoms with E-state index in [2.05, 4.69) is 22.9 Å². The Balaban J connectivity index is 1.70. The number of alkyl carbamates (subject to hydrolysis) is 1. The number of ether oxygens (including phenoxy) is 2. The Morgan fingerprint density at radius 3 is 2.83 bits per heavy atom. The number of hydrogen-bond acceptors (Lipinski definition) is 5. The van der Waals surface area contributed by atoms with Crippen molar-refractivity contribution in [3.05, 3.63) is 0 Å². The lowest BCUT2D eigenvalue weighted by Crippen LogP contribution is -2.48. The summed E-state index contributed by atoms with van der Waals surface area (Å²) in [6.07, 6.45) is 4.31. The van der Waals surface area contributed by atoms with E-state index in [9.17, 15) is 4.79 Å². The molecule has 4 atom stereocenters. The molecule has 0 bridgehead atoms. The highest BCUT2D eigenvalue weighted by molar-refractivity contribution is 5.67. The molecular formula is C18H35N3O3. The second-order valence-electron chi connectivity index (χ2n) is 8.21. The minimum atomic E-state index is -0.443. The monoisotopic (exact) mass is 341 g/mol. The van der Waals surface area contributed by atoms with E-state index in [-0.39, 0.29) is 6.09 Å². The van der Waals surface area contributed by atoms with Gasteiger partial charge in [0, 0.05) is 31.2 Å². The molecule has 4 unspecified atom stereocenters. The van der Waals surface area contributed by atoms with Crippen LogP contribution in [-0.2, 0) is 9.47 Å². The molecule has 0 radical (unpaired) electrons. The van der Waals surface area contributed by atoms with Crippen molar-refractivity contribution in [3.63, 3.8) is 0 Å². The third-order valence-electron chi connectivity index (χ3n) is 4.70. The molecule has 6 heteroatoms. The molecule has 24 heavy (non-hydrogen) atoms. The van der Waals surface area contributed by atoms with Crippen LogP contribution < -0.4 is 16.0 Å². The third kappa shape index (κ3) is 6.95. The van der Waals surface area contributed by atoms with Gasteiger partial charge in [-0.25, -0.2) is 4.79 Å². The number of carbonyl (C=O) groups is 1. The van der Waals surface area contributed by atoms with Gasteiger partial charge in [0.2, 0.25) is 0 Å². The summed E-state index contributed by atoms with van der Waals surface area (Å²) in [6.45, 7) is 11.2. The maximum Gasteiger partial charge on any atom is 0.407 e. The van der Waals surface area contributed by atoms with Crippen molar-refractivity contribution in [1.82, 2.24) is 16.0 Å². The average molecular weight is 341 g/mol. The molecule has 1 heterocycles. The molecule has 1 aliphatic carbocycles. The van der Waals surface area contributed by atoms with Crippen molar-refractivity contribution in [2.24, 2.45) is 5.92 Å². The molecule has 0 aromatic heterocycles. The number of rotatable bonds is 6. The molecule has 2 fully saturated rings. The third-order valence-corrected chi connectivity index (χ3v) is 4.70. The van der Waals surface area contributed by atoms with Crippen LogP contribution in [0.25, 0.3) is 0 Å². The van der Waals surface area contributed by atoms with Crippen molar-refractivity contribution < 1.29 is 14.3 Å². The van der Waals surface area contributed by atoms with Gasteiger partial charge in [0.1, 0.15) is 5.60 Å². The highest BCUT2D eigenvalue weighted by Gasteiger charge is 2.29. The maximum absolute atomic E-state index is 11.8. The van der Waals surface area contributed by atoms with E-state index in [1.807, 2.05) is 20.8 Å². The quantitative estimate of drug-likeness (QED) is 0.690. The number of amides is 1. The summed E-state index contributed by atoms with van der Waals surface area (Å²) in [5, 5.41) is 10.2. The van der Waals surface area contributed by atoms with E-state index in [1.54, 1.807) is 0 Å². The minimum Gasteiger partial charge on any atom is -0.444 e. The van der Waals surface area contributed by atoms with Crippen LogP contribution in [0, 0.1) is 5.92 Å². The van der Waals surface area contributed by atoms with Gasteiger partial charge in [-0.15, -0.1) is 0 Å². The molecule has 0 aromatic carbocycles. The molecule has 1 saturated heterocycles. The van der Waals surface area contributed by atoms with Gasteiger partial charge in [-0.2, -0.15) is 0 Å². The number of hydrogen-bond donors (Lipinski definition) is 3. The van der Waals surface area contributed by atoms with Crippen molar-refractivity contribution in [2.45, 2.75) is 77.1 Å². The topological polar surface area (TPSA) is 71.6 Å². The predicted octanol–water partition coefficient (Wildman–Crippen LogP) is 2.04. The van der Waals surface area contributed by atoms with E-state index < -0.39 is 5.60 Å². The zero-order chi connectivity index (χ0) is 17.6. The smallest absolute Gasteiger partial charge is 0.407 e. The molecule has 1 amide bonds. The minimum absolute atomic E-state index is 0.315. The average Bonchev–Trinajstić information content (AvgIpc) is 2.91. The lowest BCUT2D eigenvalue weighted by molar-refractivity contribution is 0.0516. The normalized spacial score (nSPS) is 29.2. The van der Waals surface area contributed by atoms with Crippen LogP contribution in [0.4, 0.5) is 4.79 Å². The zero-order valence-electron chi connectivity index (χ0n) is 15.7. The number of nitrogens with one attached hydrogen (secondary N) is 3. The van der Waals surface area contributed by atoms with Crippen molar-refractivity contribution >= 4 is 6.09 Å². The summed E-state index contributed by atoms with van der Waals surface area (Å²) in [7, 11) is 0. The fourth-order valence-electron chi connectivity index (χ4n) is 3.66. The van der Waals surface area contributed by atoms with Crippen LogP contribution in [0.2, 0.25) is 0 Å². The molecule has 6 nitrogen and oxygen atoms in total. The molecular weight excluding hydrogens is 306 g/mol. The first-order chi connectivity index (χ1) is 11.3. The Kier molecular flexibility index (Phi) is 7.32. The molecule has 0 aromatic rings. The summed E-state index contributed by atoms with van der Waals surface area (Å²) in [4.78, 5) is 11.8. The summed E-state index contributed by atoms with van der Waals surface area (Å²) >= 11 is 0. The summed E-state index contributed by atoms with van der Waals surface area (Å²) in [5.41, 5.74) is -0.443. The highest BCUT2D eigenvalue weighted by Crippen LogP contribution is 2.26. The van der Waals surface area contributed by atoms with Gasteiger partial charge in [-0.05, 0) is 52.9 Å². The van der Waals surface area contributed by atoms with Gasteiger partial charge in [0.25, 0.3) is 0 Å². The summed E-state index contributed by atoms with van der Waals surface area (Å²) in [5.74, 6) is 0.482. The fourth-order valence-corrected chi connectivity index (χ4v) is 3.66. The standard InChI is InChI=1S/C18H35N3O3/c1-13(10-15-12-23-9-8-19-15)21-16-7-5-6-14(16)11-20-17(22)24-18(2,3)4/h13-16,19,21H,5-12H2,1-4H3,(H,20,22). The Hall–Kier alpha value is -0.850. The van der Waals surface area contributed by atoms with E-state index in [0.717, 1.165) is 32.6 Å². The van der Waals surface area contributed by atoms with Crippen LogP contribution in [0.1, 0.15) is 53.4 Å². The van der Waals surface area contributed by atoms with Gasteiger partial charge < -0.3 is 25.4 Å². The van der Waals surface area contributed by atoms with Crippen LogP contribution in [-0.4, -0.2) is 56.1 Å². The van der Waals surface area contributed by atoms with E-state index in [1.165, 1.54) is 12.8 Å². The van der Waals surface area contributed by atoms with Crippen LogP contribution in [0.3, 0.4) is 0 Å². The first kappa shape index (κ1) is 19.5. The number of carbonyl (C=O) groups excluding carboxylic acids is 1. The second kappa shape index (κ2) is 9.02. The highest BCUT2D eigenvalue weighted by atomic mass is 16.6. The number of morpholine rings is 1. The van der Waals surface area contributed by atoms with Gasteiger partial charge in [-0.1, -0.05) is 6.42 Å². The van der Waals surface area contributed by atoms with Gasteiger partial charge in [0.05, 0.1) is 13.2 Å². The fraction of sp³-hybridized carbons (Fsp3) is 0.944. The van der Waals surface area contributed by atoms with Crippen molar-refractivity contribution in [2.75, 3.05) is 26.3 Å². The summed E-state index contributed by atoms with van der Waals surface area (Å²) in [6, 6.07) is 1.36. The Bertz CT molecular complexity index is 391. The molecule has 3 N–H and O–H groups in total. The van der Waals surface area contributed by atoms with Crippen LogP contribution in [0.15, 0.2) is 0 Å². The first-order valence-electron chi connectivity index (χ1n) is 9.37. The van der Waals surface area contributed by atoms with Gasteiger partial charge in [-0.3, -0.25) is 0 Å². The van der Waals surface area contributed by atoms with Crippen LogP contribution in [0.5, 0.6) is 0 Å². The zero-order valence-corrected chi connectivity index (χ0v) is 15.7. The van der Waals surface area contributed by atoms with Crippen LogP contribution >= 0.6 is 0 Å². The van der Waals surface area contributed by atoms with E-state index >= 15 is 0 Å². The lowest BCUT2D eigenvalue weighted by atomic mass is 10.0. The SMILES string of the molecule is CC(CC1COCCN1)NC1CCCC1CNC(=O)OC(C)(C)C. The Morgan fingerprint density at radius 2 is 2.17 bits per heavy atom. The largest absolute Gasteiger partial charge is 0.444 e. The molecule has 0 spiro atoms.